The van der Waals surface area contributed by atoms with Gasteiger partial charge in [0, 0.05) is 12.7 Å². The van der Waals surface area contributed by atoms with Crippen LogP contribution in [0, 0.1) is 0 Å². The Labute approximate surface area is 142 Å². The molecule has 2 fully saturated rings. The van der Waals surface area contributed by atoms with Crippen LogP contribution in [0.4, 0.5) is 0 Å². The van der Waals surface area contributed by atoms with Gasteiger partial charge in [-0.15, -0.1) is 0 Å². The van der Waals surface area contributed by atoms with E-state index in [0.717, 1.165) is 6.54 Å². The van der Waals surface area contributed by atoms with Crippen molar-refractivity contribution in [1.82, 2.24) is 14.8 Å². The fourth-order valence-electron chi connectivity index (χ4n) is 3.17. The zero-order valence-corrected chi connectivity index (χ0v) is 14.8. The molecule has 3 rings (SSSR count). The summed E-state index contributed by atoms with van der Waals surface area (Å²) in [4.78, 5) is 19.9. The number of ether oxygens (including phenoxy) is 1. The van der Waals surface area contributed by atoms with Gasteiger partial charge in [0.2, 0.25) is 0 Å². The van der Waals surface area contributed by atoms with Gasteiger partial charge in [0.1, 0.15) is 11.3 Å². The third-order valence-corrected chi connectivity index (χ3v) is 6.96. The van der Waals surface area contributed by atoms with E-state index in [-0.39, 0.29) is 18.3 Å². The van der Waals surface area contributed by atoms with Gasteiger partial charge in [-0.25, -0.2) is 8.42 Å². The Balaban J connectivity index is 1.62. The Morgan fingerprint density at radius 2 is 2.21 bits per heavy atom. The van der Waals surface area contributed by atoms with Crippen molar-refractivity contribution in [2.75, 3.05) is 45.6 Å². The summed E-state index contributed by atoms with van der Waals surface area (Å²) >= 11 is 0. The van der Waals surface area contributed by atoms with E-state index in [2.05, 4.69) is 4.98 Å². The van der Waals surface area contributed by atoms with Crippen molar-refractivity contribution < 1.29 is 17.9 Å². The van der Waals surface area contributed by atoms with Crippen LogP contribution in [0.1, 0.15) is 17.4 Å². The molecule has 7 nitrogen and oxygen atoms in total. The molecule has 132 valence electrons. The van der Waals surface area contributed by atoms with E-state index in [9.17, 15) is 13.2 Å². The minimum atomic E-state index is -3.23. The van der Waals surface area contributed by atoms with Gasteiger partial charge in [0.25, 0.3) is 5.91 Å². The monoisotopic (exact) mass is 353 g/mol. The van der Waals surface area contributed by atoms with Crippen molar-refractivity contribution in [3.05, 3.63) is 30.1 Å². The highest BCUT2D eigenvalue weighted by Crippen LogP contribution is 2.33. The quantitative estimate of drug-likeness (QED) is 0.760. The van der Waals surface area contributed by atoms with E-state index in [1.54, 1.807) is 29.3 Å². The standard InChI is InChI=1S/C16H23N3O4S/c1-3-18(2)8-13-9-23-16(12-24(13,21)22)10-19(11-16)15(20)14-6-4-5-7-17-14/h4-7,13H,3,8-12H2,1-2H3/t13-/m0/s1. The van der Waals surface area contributed by atoms with Crippen molar-refractivity contribution in [2.45, 2.75) is 17.8 Å². The topological polar surface area (TPSA) is 79.8 Å². The Hall–Kier alpha value is -1.51. The number of aromatic nitrogens is 1. The minimum Gasteiger partial charge on any atom is -0.369 e. The second-order valence-corrected chi connectivity index (χ2v) is 8.94. The Bertz CT molecular complexity index is 701. The first-order valence-electron chi connectivity index (χ1n) is 8.10. The molecule has 0 unspecified atom stereocenters. The number of pyridine rings is 1. The van der Waals surface area contributed by atoms with Gasteiger partial charge in [-0.2, -0.15) is 0 Å². The molecular formula is C16H23N3O4S. The average molecular weight is 353 g/mol. The maximum atomic E-state index is 12.6. The zero-order valence-electron chi connectivity index (χ0n) is 14.0. The zero-order chi connectivity index (χ0) is 17.4. The first kappa shape index (κ1) is 17.3. The molecule has 0 aromatic carbocycles. The molecule has 1 aromatic heterocycles. The Kier molecular flexibility index (Phi) is 4.63. The minimum absolute atomic E-state index is 0.0196. The van der Waals surface area contributed by atoms with E-state index in [0.29, 0.717) is 25.3 Å². The van der Waals surface area contributed by atoms with Crippen LogP contribution in [-0.4, -0.2) is 85.5 Å². The first-order valence-corrected chi connectivity index (χ1v) is 9.81. The summed E-state index contributed by atoms with van der Waals surface area (Å²) in [5, 5.41) is -0.492. The molecular weight excluding hydrogens is 330 g/mol. The highest BCUT2D eigenvalue weighted by atomic mass is 32.2. The highest BCUT2D eigenvalue weighted by Gasteiger charge is 2.54. The predicted molar refractivity (Wildman–Crippen MR) is 89.6 cm³/mol. The van der Waals surface area contributed by atoms with Gasteiger partial charge in [-0.05, 0) is 25.7 Å². The molecule has 1 spiro atoms. The van der Waals surface area contributed by atoms with Crippen molar-refractivity contribution in [3.8, 4) is 0 Å². The Morgan fingerprint density at radius 3 is 2.79 bits per heavy atom. The highest BCUT2D eigenvalue weighted by molar-refractivity contribution is 7.92. The van der Waals surface area contributed by atoms with Crippen molar-refractivity contribution in [3.63, 3.8) is 0 Å². The second kappa shape index (κ2) is 6.42. The van der Waals surface area contributed by atoms with Crippen molar-refractivity contribution in [2.24, 2.45) is 0 Å². The number of hydrogen-bond acceptors (Lipinski definition) is 6. The summed E-state index contributed by atoms with van der Waals surface area (Å²) in [5.41, 5.74) is -0.377. The third-order valence-electron chi connectivity index (χ3n) is 4.73. The van der Waals surface area contributed by atoms with Crippen LogP contribution in [0.5, 0.6) is 0 Å². The lowest BCUT2D eigenvalue weighted by molar-refractivity contribution is -0.121. The van der Waals surface area contributed by atoms with Gasteiger partial charge in [0.05, 0.1) is 30.7 Å². The normalized spacial score (nSPS) is 24.8. The molecule has 1 atom stereocenters. The van der Waals surface area contributed by atoms with Gasteiger partial charge < -0.3 is 14.5 Å². The van der Waals surface area contributed by atoms with Crippen LogP contribution in [0.15, 0.2) is 24.4 Å². The number of carbonyl (C=O) groups is 1. The van der Waals surface area contributed by atoms with Crippen LogP contribution >= 0.6 is 0 Å². The Morgan fingerprint density at radius 1 is 1.46 bits per heavy atom. The van der Waals surface area contributed by atoms with E-state index in [1.165, 1.54) is 0 Å². The molecule has 1 amide bonds. The number of hydrogen-bond donors (Lipinski definition) is 0. The fraction of sp³-hybridized carbons (Fsp3) is 0.625. The van der Waals surface area contributed by atoms with Crippen LogP contribution < -0.4 is 0 Å². The van der Waals surface area contributed by atoms with E-state index >= 15 is 0 Å². The van der Waals surface area contributed by atoms with Gasteiger partial charge >= 0.3 is 0 Å². The van der Waals surface area contributed by atoms with Crippen LogP contribution in [0.25, 0.3) is 0 Å². The number of nitrogens with zero attached hydrogens (tertiary/aromatic N) is 3. The summed E-state index contributed by atoms with van der Waals surface area (Å²) in [5.74, 6) is -0.205. The van der Waals surface area contributed by atoms with Gasteiger partial charge in [0.15, 0.2) is 9.84 Å². The van der Waals surface area contributed by atoms with E-state index < -0.39 is 20.7 Å². The smallest absolute Gasteiger partial charge is 0.272 e. The molecule has 8 heteroatoms. The number of carbonyl (C=O) groups excluding carboxylic acids is 1. The summed E-state index contributed by atoms with van der Waals surface area (Å²) in [6.45, 7) is 4.06. The number of likely N-dealkylation sites (tertiary alicyclic amines) is 1. The molecule has 0 radical (unpaired) electrons. The molecule has 2 aliphatic rings. The molecule has 24 heavy (non-hydrogen) atoms. The number of sulfone groups is 1. The molecule has 0 aliphatic carbocycles. The number of rotatable bonds is 4. The molecule has 0 N–H and O–H groups in total. The second-order valence-electron chi connectivity index (χ2n) is 6.65. The lowest BCUT2D eigenvalue weighted by atomic mass is 9.95. The summed E-state index contributed by atoms with van der Waals surface area (Å²) < 4.78 is 31.0. The summed E-state index contributed by atoms with van der Waals surface area (Å²) in [7, 11) is -1.33. The summed E-state index contributed by atoms with van der Waals surface area (Å²) in [6.07, 6.45) is 1.57. The third kappa shape index (κ3) is 3.31. The molecule has 0 bridgehead atoms. The van der Waals surface area contributed by atoms with Crippen LogP contribution in [0.2, 0.25) is 0 Å². The molecule has 2 aliphatic heterocycles. The average Bonchev–Trinajstić information content (AvgIpc) is 2.54. The fourth-order valence-corrected chi connectivity index (χ4v) is 5.16. The first-order chi connectivity index (χ1) is 11.4. The largest absolute Gasteiger partial charge is 0.369 e. The van der Waals surface area contributed by atoms with Crippen molar-refractivity contribution >= 4 is 15.7 Å². The molecule has 2 saturated heterocycles. The number of amides is 1. The summed E-state index contributed by atoms with van der Waals surface area (Å²) in [6, 6.07) is 5.16. The van der Waals surface area contributed by atoms with E-state index in [4.69, 9.17) is 4.74 Å². The van der Waals surface area contributed by atoms with Gasteiger partial charge in [-0.3, -0.25) is 9.78 Å². The van der Waals surface area contributed by atoms with Crippen LogP contribution in [0.3, 0.4) is 0 Å². The lowest BCUT2D eigenvalue weighted by Crippen LogP contribution is -2.71. The molecule has 0 saturated carbocycles. The lowest BCUT2D eigenvalue weighted by Gasteiger charge is -2.52. The van der Waals surface area contributed by atoms with Crippen LogP contribution in [-0.2, 0) is 14.6 Å². The molecule has 1 aromatic rings. The maximum absolute atomic E-state index is 12.6. The van der Waals surface area contributed by atoms with Gasteiger partial charge in [-0.1, -0.05) is 13.0 Å². The maximum Gasteiger partial charge on any atom is 0.272 e. The SMILES string of the molecule is CCN(C)C[C@H]1COC2(CN(C(=O)c3ccccn3)C2)CS1(=O)=O. The van der Waals surface area contributed by atoms with Crippen molar-refractivity contribution in [1.29, 1.82) is 0 Å². The molecule has 3 heterocycles. The predicted octanol–water partition coefficient (Wildman–Crippen LogP) is 0.0415. The van der Waals surface area contributed by atoms with E-state index in [1.807, 2.05) is 18.9 Å².